The van der Waals surface area contributed by atoms with Crippen molar-refractivity contribution in [3.8, 4) is 5.75 Å². The summed E-state index contributed by atoms with van der Waals surface area (Å²) in [5, 5.41) is 0.834. The molecule has 27 heavy (non-hydrogen) atoms. The Morgan fingerprint density at radius 2 is 1.85 bits per heavy atom. The van der Waals surface area contributed by atoms with Gasteiger partial charge < -0.3 is 9.72 Å². The van der Waals surface area contributed by atoms with Gasteiger partial charge in [0.2, 0.25) is 10.0 Å². The van der Waals surface area contributed by atoms with E-state index in [-0.39, 0.29) is 23.4 Å². The van der Waals surface area contributed by atoms with E-state index in [1.165, 1.54) is 0 Å². The third kappa shape index (κ3) is 4.20. The Morgan fingerprint density at radius 1 is 1.07 bits per heavy atom. The standard InChI is InChI=1S/C20H22N2O4S/c1-13-4-7-19(14(2)10-13)27(24,25)21-9-8-15-11-16-12-17(26-3)5-6-18(16)22-20(15)23/h4-7,10-12,21H,8-9H2,1-3H3,(H,22,23). The van der Waals surface area contributed by atoms with Crippen LogP contribution in [0.2, 0.25) is 0 Å². The molecule has 0 bridgehead atoms. The second-order valence-electron chi connectivity index (χ2n) is 6.49. The number of aryl methyl sites for hydroxylation is 2. The maximum atomic E-state index is 12.5. The molecule has 0 aliphatic rings. The molecule has 0 saturated carbocycles. The molecule has 0 spiro atoms. The Hall–Kier alpha value is -2.64. The molecule has 3 rings (SSSR count). The van der Waals surface area contributed by atoms with Crippen LogP contribution in [0, 0.1) is 13.8 Å². The van der Waals surface area contributed by atoms with Crippen molar-refractivity contribution in [1.82, 2.24) is 9.71 Å². The molecule has 0 aliphatic heterocycles. The predicted octanol–water partition coefficient (Wildman–Crippen LogP) is 2.67. The molecule has 7 heteroatoms. The fraction of sp³-hybridized carbons (Fsp3) is 0.250. The summed E-state index contributed by atoms with van der Waals surface area (Å²) in [6, 6.07) is 12.3. The van der Waals surface area contributed by atoms with Gasteiger partial charge in [0.25, 0.3) is 5.56 Å². The van der Waals surface area contributed by atoms with Gasteiger partial charge in [-0.25, -0.2) is 13.1 Å². The van der Waals surface area contributed by atoms with Gasteiger partial charge in [-0.05, 0) is 56.2 Å². The van der Waals surface area contributed by atoms with E-state index in [1.54, 1.807) is 44.4 Å². The van der Waals surface area contributed by atoms with E-state index in [2.05, 4.69) is 9.71 Å². The quantitative estimate of drug-likeness (QED) is 0.682. The molecule has 1 heterocycles. The summed E-state index contributed by atoms with van der Waals surface area (Å²) in [5.74, 6) is 0.691. The number of hydrogen-bond acceptors (Lipinski definition) is 4. The zero-order valence-electron chi connectivity index (χ0n) is 15.5. The van der Waals surface area contributed by atoms with Crippen LogP contribution in [0.1, 0.15) is 16.7 Å². The Balaban J connectivity index is 1.78. The van der Waals surface area contributed by atoms with E-state index >= 15 is 0 Å². The number of pyridine rings is 1. The fourth-order valence-corrected chi connectivity index (χ4v) is 4.30. The molecule has 0 atom stereocenters. The molecule has 0 radical (unpaired) electrons. The number of aromatic amines is 1. The summed E-state index contributed by atoms with van der Waals surface area (Å²) < 4.78 is 32.8. The summed E-state index contributed by atoms with van der Waals surface area (Å²) in [5.41, 5.74) is 2.69. The van der Waals surface area contributed by atoms with Crippen LogP contribution in [0.3, 0.4) is 0 Å². The summed E-state index contributed by atoms with van der Waals surface area (Å²) in [4.78, 5) is 15.3. The smallest absolute Gasteiger partial charge is 0.251 e. The van der Waals surface area contributed by atoms with Gasteiger partial charge in [0, 0.05) is 23.0 Å². The van der Waals surface area contributed by atoms with Gasteiger partial charge in [0.1, 0.15) is 5.75 Å². The van der Waals surface area contributed by atoms with E-state index in [1.807, 2.05) is 19.1 Å². The lowest BCUT2D eigenvalue weighted by molar-refractivity contribution is 0.415. The Morgan fingerprint density at radius 3 is 2.56 bits per heavy atom. The molecule has 142 valence electrons. The predicted molar refractivity (Wildman–Crippen MR) is 106 cm³/mol. The lowest BCUT2D eigenvalue weighted by atomic mass is 10.1. The van der Waals surface area contributed by atoms with Crippen LogP contribution in [-0.4, -0.2) is 27.1 Å². The van der Waals surface area contributed by atoms with Crippen LogP contribution in [0.4, 0.5) is 0 Å². The molecule has 0 saturated heterocycles. The van der Waals surface area contributed by atoms with E-state index in [4.69, 9.17) is 4.74 Å². The normalized spacial score (nSPS) is 11.7. The molecule has 6 nitrogen and oxygen atoms in total. The molecule has 2 aromatic carbocycles. The third-order valence-electron chi connectivity index (χ3n) is 4.43. The summed E-state index contributed by atoms with van der Waals surface area (Å²) in [7, 11) is -2.05. The molecule has 0 amide bonds. The molecule has 3 aromatic rings. The average Bonchev–Trinajstić information content (AvgIpc) is 2.61. The summed E-state index contributed by atoms with van der Waals surface area (Å²) in [6.07, 6.45) is 0.284. The topological polar surface area (TPSA) is 88.3 Å². The molecule has 0 aliphatic carbocycles. The second-order valence-corrected chi connectivity index (χ2v) is 8.23. The van der Waals surface area contributed by atoms with E-state index in [0.717, 1.165) is 10.9 Å². The van der Waals surface area contributed by atoms with Crippen LogP contribution in [0.5, 0.6) is 5.75 Å². The first kappa shape index (κ1) is 19.1. The third-order valence-corrected chi connectivity index (χ3v) is 6.06. The van der Waals surface area contributed by atoms with Gasteiger partial charge >= 0.3 is 0 Å². The summed E-state index contributed by atoms with van der Waals surface area (Å²) in [6.45, 7) is 3.81. The lowest BCUT2D eigenvalue weighted by Crippen LogP contribution is -2.28. The van der Waals surface area contributed by atoms with Gasteiger partial charge in [-0.15, -0.1) is 0 Å². The van der Waals surface area contributed by atoms with E-state index in [0.29, 0.717) is 22.4 Å². The Bertz CT molecular complexity index is 1150. The number of fused-ring (bicyclic) bond motifs is 1. The number of hydrogen-bond donors (Lipinski definition) is 2. The molecule has 0 fully saturated rings. The fourth-order valence-electron chi connectivity index (χ4n) is 3.04. The highest BCUT2D eigenvalue weighted by Gasteiger charge is 2.16. The Kier molecular flexibility index (Phi) is 5.34. The van der Waals surface area contributed by atoms with Crippen LogP contribution in [-0.2, 0) is 16.4 Å². The zero-order valence-corrected chi connectivity index (χ0v) is 16.3. The lowest BCUT2D eigenvalue weighted by Gasteiger charge is -2.10. The van der Waals surface area contributed by atoms with Crippen molar-refractivity contribution in [3.05, 3.63) is 69.5 Å². The minimum atomic E-state index is -3.63. The largest absolute Gasteiger partial charge is 0.497 e. The highest BCUT2D eigenvalue weighted by molar-refractivity contribution is 7.89. The highest BCUT2D eigenvalue weighted by Crippen LogP contribution is 2.19. The van der Waals surface area contributed by atoms with Crippen LogP contribution >= 0.6 is 0 Å². The van der Waals surface area contributed by atoms with Gasteiger partial charge in [-0.3, -0.25) is 4.79 Å². The number of aromatic nitrogens is 1. The number of ether oxygens (including phenoxy) is 1. The van der Waals surface area contributed by atoms with E-state index in [9.17, 15) is 13.2 Å². The zero-order chi connectivity index (χ0) is 19.6. The van der Waals surface area contributed by atoms with Crippen molar-refractivity contribution in [2.75, 3.05) is 13.7 Å². The number of sulfonamides is 1. The summed E-state index contributed by atoms with van der Waals surface area (Å²) >= 11 is 0. The maximum absolute atomic E-state index is 12.5. The average molecular weight is 386 g/mol. The Labute approximate surface area is 158 Å². The van der Waals surface area contributed by atoms with Gasteiger partial charge in [-0.2, -0.15) is 0 Å². The van der Waals surface area contributed by atoms with Crippen molar-refractivity contribution in [2.45, 2.75) is 25.2 Å². The van der Waals surface area contributed by atoms with Crippen molar-refractivity contribution < 1.29 is 13.2 Å². The second kappa shape index (κ2) is 7.54. The number of benzene rings is 2. The first-order valence-electron chi connectivity index (χ1n) is 8.57. The molecule has 0 unspecified atom stereocenters. The number of H-pyrrole nitrogens is 1. The molecular formula is C20H22N2O4S. The SMILES string of the molecule is COc1ccc2[nH]c(=O)c(CCNS(=O)(=O)c3ccc(C)cc3C)cc2c1. The van der Waals surface area contributed by atoms with Gasteiger partial charge in [-0.1, -0.05) is 17.7 Å². The number of rotatable bonds is 6. The van der Waals surface area contributed by atoms with Crippen molar-refractivity contribution in [3.63, 3.8) is 0 Å². The van der Waals surface area contributed by atoms with Crippen molar-refractivity contribution in [1.29, 1.82) is 0 Å². The first-order chi connectivity index (χ1) is 12.8. The number of nitrogens with one attached hydrogen (secondary N) is 2. The van der Waals surface area contributed by atoms with Crippen LogP contribution in [0.15, 0.2) is 52.2 Å². The van der Waals surface area contributed by atoms with Crippen LogP contribution < -0.4 is 15.0 Å². The van der Waals surface area contributed by atoms with Gasteiger partial charge in [0.05, 0.1) is 12.0 Å². The number of methoxy groups -OCH3 is 1. The van der Waals surface area contributed by atoms with Crippen molar-refractivity contribution >= 4 is 20.9 Å². The molecule has 1 aromatic heterocycles. The monoisotopic (exact) mass is 386 g/mol. The molecular weight excluding hydrogens is 364 g/mol. The highest BCUT2D eigenvalue weighted by atomic mass is 32.2. The minimum absolute atomic E-state index is 0.133. The van der Waals surface area contributed by atoms with E-state index < -0.39 is 10.0 Å². The maximum Gasteiger partial charge on any atom is 0.251 e. The molecule has 2 N–H and O–H groups in total. The minimum Gasteiger partial charge on any atom is -0.497 e. The first-order valence-corrected chi connectivity index (χ1v) is 10.1. The van der Waals surface area contributed by atoms with Crippen molar-refractivity contribution in [2.24, 2.45) is 0 Å². The van der Waals surface area contributed by atoms with Crippen LogP contribution in [0.25, 0.3) is 10.9 Å². The van der Waals surface area contributed by atoms with Gasteiger partial charge in [0.15, 0.2) is 0 Å².